The fourth-order valence-corrected chi connectivity index (χ4v) is 2.20. The smallest absolute Gasteiger partial charge is 0.131 e. The van der Waals surface area contributed by atoms with Crippen LogP contribution in [0, 0.1) is 0 Å². The van der Waals surface area contributed by atoms with Crippen LogP contribution in [-0.4, -0.2) is 36.1 Å². The van der Waals surface area contributed by atoms with Crippen molar-refractivity contribution < 1.29 is 0 Å². The van der Waals surface area contributed by atoms with Crippen LogP contribution in [0.15, 0.2) is 18.2 Å². The van der Waals surface area contributed by atoms with E-state index in [9.17, 15) is 0 Å². The molecule has 88 valence electrons. The molecule has 0 aliphatic carbocycles. The highest BCUT2D eigenvalue weighted by molar-refractivity contribution is 6.29. The Labute approximate surface area is 102 Å². The van der Waals surface area contributed by atoms with E-state index < -0.39 is 0 Å². The van der Waals surface area contributed by atoms with Crippen molar-refractivity contribution in [1.82, 2.24) is 9.88 Å². The highest BCUT2D eigenvalue weighted by atomic mass is 35.5. The second-order valence-corrected chi connectivity index (χ2v) is 4.56. The molecule has 1 N–H and O–H groups in total. The van der Waals surface area contributed by atoms with Crippen molar-refractivity contribution in [2.75, 3.05) is 31.5 Å². The molecule has 2 heterocycles. The van der Waals surface area contributed by atoms with E-state index in [4.69, 9.17) is 11.6 Å². The average Bonchev–Trinajstić information content (AvgIpc) is 2.30. The summed E-state index contributed by atoms with van der Waals surface area (Å²) in [5.41, 5.74) is 0. The van der Waals surface area contributed by atoms with Crippen LogP contribution in [0.5, 0.6) is 0 Å². The van der Waals surface area contributed by atoms with E-state index in [0.29, 0.717) is 5.15 Å². The summed E-state index contributed by atoms with van der Waals surface area (Å²) in [7, 11) is 0. The first-order valence-corrected chi connectivity index (χ1v) is 6.31. The molecule has 0 spiro atoms. The van der Waals surface area contributed by atoms with Crippen molar-refractivity contribution in [2.24, 2.45) is 0 Å². The lowest BCUT2D eigenvalue weighted by Gasteiger charge is -2.26. The van der Waals surface area contributed by atoms with E-state index in [1.165, 1.54) is 32.4 Å². The molecule has 1 saturated heterocycles. The first-order chi connectivity index (χ1) is 7.84. The fourth-order valence-electron chi connectivity index (χ4n) is 2.03. The average molecular weight is 240 g/mol. The number of hydrogen-bond acceptors (Lipinski definition) is 3. The van der Waals surface area contributed by atoms with Gasteiger partial charge in [0.15, 0.2) is 0 Å². The predicted molar refractivity (Wildman–Crippen MR) is 68.0 cm³/mol. The predicted octanol–water partition coefficient (Wildman–Crippen LogP) is 2.63. The van der Waals surface area contributed by atoms with Crippen molar-refractivity contribution in [3.63, 3.8) is 0 Å². The molecule has 4 heteroatoms. The second kappa shape index (κ2) is 6.06. The maximum absolute atomic E-state index is 5.81. The van der Waals surface area contributed by atoms with Crippen LogP contribution >= 0.6 is 11.6 Å². The highest BCUT2D eigenvalue weighted by Crippen LogP contribution is 2.10. The van der Waals surface area contributed by atoms with Crippen molar-refractivity contribution >= 4 is 17.4 Å². The quantitative estimate of drug-likeness (QED) is 0.819. The topological polar surface area (TPSA) is 28.2 Å². The van der Waals surface area contributed by atoms with E-state index in [2.05, 4.69) is 15.2 Å². The Morgan fingerprint density at radius 1 is 1.25 bits per heavy atom. The number of halogens is 1. The van der Waals surface area contributed by atoms with Crippen LogP contribution in [0.3, 0.4) is 0 Å². The number of nitrogens with one attached hydrogen (secondary N) is 1. The summed E-state index contributed by atoms with van der Waals surface area (Å²) >= 11 is 5.81. The normalized spacial score (nSPS) is 17.3. The van der Waals surface area contributed by atoms with Gasteiger partial charge >= 0.3 is 0 Å². The van der Waals surface area contributed by atoms with E-state index in [0.717, 1.165) is 18.9 Å². The summed E-state index contributed by atoms with van der Waals surface area (Å²) in [5, 5.41) is 3.84. The van der Waals surface area contributed by atoms with E-state index in [1.54, 1.807) is 6.07 Å². The number of piperidine rings is 1. The number of nitrogens with zero attached hydrogens (tertiary/aromatic N) is 2. The zero-order chi connectivity index (χ0) is 11.2. The Kier molecular flexibility index (Phi) is 4.43. The molecule has 0 bridgehead atoms. The Bertz CT molecular complexity index is 324. The lowest BCUT2D eigenvalue weighted by Crippen LogP contribution is -2.33. The molecule has 1 aliphatic rings. The maximum Gasteiger partial charge on any atom is 0.131 e. The van der Waals surface area contributed by atoms with Gasteiger partial charge < -0.3 is 10.2 Å². The second-order valence-electron chi connectivity index (χ2n) is 4.17. The van der Waals surface area contributed by atoms with Crippen LogP contribution < -0.4 is 5.32 Å². The van der Waals surface area contributed by atoms with Gasteiger partial charge in [-0.05, 0) is 38.1 Å². The van der Waals surface area contributed by atoms with Gasteiger partial charge in [0, 0.05) is 13.1 Å². The van der Waals surface area contributed by atoms with Gasteiger partial charge in [-0.3, -0.25) is 0 Å². The van der Waals surface area contributed by atoms with Gasteiger partial charge in [0.25, 0.3) is 0 Å². The molecule has 1 aromatic rings. The van der Waals surface area contributed by atoms with Crippen molar-refractivity contribution in [3.05, 3.63) is 23.4 Å². The Hall–Kier alpha value is -0.800. The minimum Gasteiger partial charge on any atom is -0.369 e. The first-order valence-electron chi connectivity index (χ1n) is 5.93. The minimum atomic E-state index is 0.544. The number of pyridine rings is 1. The third kappa shape index (κ3) is 3.65. The van der Waals surface area contributed by atoms with Crippen molar-refractivity contribution in [1.29, 1.82) is 0 Å². The number of hydrogen-bond donors (Lipinski definition) is 1. The number of likely N-dealkylation sites (tertiary alicyclic amines) is 1. The number of anilines is 1. The Morgan fingerprint density at radius 2 is 2.06 bits per heavy atom. The van der Waals surface area contributed by atoms with Gasteiger partial charge in [0.1, 0.15) is 11.0 Å². The molecule has 1 aromatic heterocycles. The van der Waals surface area contributed by atoms with Crippen LogP contribution in [-0.2, 0) is 0 Å². The SMILES string of the molecule is Clc1cccc(NCCN2CCCCC2)n1. The molecular formula is C12H18ClN3. The number of aromatic nitrogens is 1. The largest absolute Gasteiger partial charge is 0.369 e. The molecule has 0 amide bonds. The monoisotopic (exact) mass is 239 g/mol. The van der Waals surface area contributed by atoms with E-state index in [-0.39, 0.29) is 0 Å². The Balaban J connectivity index is 1.71. The summed E-state index contributed by atoms with van der Waals surface area (Å²) in [5.74, 6) is 0.865. The van der Waals surface area contributed by atoms with E-state index in [1.807, 2.05) is 12.1 Å². The molecular weight excluding hydrogens is 222 g/mol. The standard InChI is InChI=1S/C12H18ClN3/c13-11-5-4-6-12(15-11)14-7-10-16-8-2-1-3-9-16/h4-6H,1-3,7-10H2,(H,14,15). The third-order valence-electron chi connectivity index (χ3n) is 2.90. The summed E-state index contributed by atoms with van der Waals surface area (Å²) in [6.45, 7) is 4.51. The van der Waals surface area contributed by atoms with Gasteiger partial charge in [-0.25, -0.2) is 4.98 Å². The Morgan fingerprint density at radius 3 is 2.81 bits per heavy atom. The van der Waals surface area contributed by atoms with Gasteiger partial charge in [-0.15, -0.1) is 0 Å². The molecule has 0 unspecified atom stereocenters. The molecule has 3 nitrogen and oxygen atoms in total. The van der Waals surface area contributed by atoms with Crippen molar-refractivity contribution in [3.8, 4) is 0 Å². The van der Waals surface area contributed by atoms with Gasteiger partial charge in [-0.1, -0.05) is 24.1 Å². The van der Waals surface area contributed by atoms with Gasteiger partial charge in [0.05, 0.1) is 0 Å². The lowest BCUT2D eigenvalue weighted by atomic mass is 10.1. The van der Waals surface area contributed by atoms with Crippen LogP contribution in [0.25, 0.3) is 0 Å². The summed E-state index contributed by atoms with van der Waals surface area (Å²) in [6.07, 6.45) is 4.07. The number of rotatable bonds is 4. The highest BCUT2D eigenvalue weighted by Gasteiger charge is 2.08. The molecule has 2 rings (SSSR count). The molecule has 0 saturated carbocycles. The summed E-state index contributed by atoms with van der Waals surface area (Å²) in [6, 6.07) is 5.65. The van der Waals surface area contributed by atoms with Gasteiger partial charge in [0.2, 0.25) is 0 Å². The summed E-state index contributed by atoms with van der Waals surface area (Å²) < 4.78 is 0. The molecule has 1 fully saturated rings. The van der Waals surface area contributed by atoms with Crippen LogP contribution in [0.2, 0.25) is 5.15 Å². The van der Waals surface area contributed by atoms with Gasteiger partial charge in [-0.2, -0.15) is 0 Å². The minimum absolute atomic E-state index is 0.544. The van der Waals surface area contributed by atoms with Crippen molar-refractivity contribution in [2.45, 2.75) is 19.3 Å². The summed E-state index contributed by atoms with van der Waals surface area (Å²) in [4.78, 5) is 6.69. The van der Waals surface area contributed by atoms with Crippen LogP contribution in [0.4, 0.5) is 5.82 Å². The molecule has 0 radical (unpaired) electrons. The molecule has 0 aromatic carbocycles. The maximum atomic E-state index is 5.81. The lowest BCUT2D eigenvalue weighted by molar-refractivity contribution is 0.237. The molecule has 16 heavy (non-hydrogen) atoms. The molecule has 1 aliphatic heterocycles. The zero-order valence-corrected chi connectivity index (χ0v) is 10.2. The molecule has 0 atom stereocenters. The van der Waals surface area contributed by atoms with E-state index >= 15 is 0 Å². The zero-order valence-electron chi connectivity index (χ0n) is 9.45. The third-order valence-corrected chi connectivity index (χ3v) is 3.11. The van der Waals surface area contributed by atoms with Crippen LogP contribution in [0.1, 0.15) is 19.3 Å². The fraction of sp³-hybridized carbons (Fsp3) is 0.583. The first kappa shape index (κ1) is 11.7.